The SMILES string of the molecule is CC.COc1c[c-]cc(Cl)c1C.[K+]. The van der Waals surface area contributed by atoms with Gasteiger partial charge in [0.1, 0.15) is 0 Å². The van der Waals surface area contributed by atoms with Crippen LogP contribution in [0.1, 0.15) is 19.4 Å². The van der Waals surface area contributed by atoms with Gasteiger partial charge in [0.2, 0.25) is 0 Å². The molecule has 0 aliphatic heterocycles. The molecule has 0 bridgehead atoms. The van der Waals surface area contributed by atoms with Crippen LogP contribution < -0.4 is 56.1 Å². The average molecular weight is 225 g/mol. The van der Waals surface area contributed by atoms with E-state index in [9.17, 15) is 0 Å². The van der Waals surface area contributed by atoms with Crippen LogP contribution in [0.15, 0.2) is 12.1 Å². The molecule has 0 saturated heterocycles. The predicted molar refractivity (Wildman–Crippen MR) is 52.9 cm³/mol. The van der Waals surface area contributed by atoms with Crippen molar-refractivity contribution < 1.29 is 56.1 Å². The van der Waals surface area contributed by atoms with Gasteiger partial charge in [-0.15, -0.1) is 11.6 Å². The van der Waals surface area contributed by atoms with Crippen LogP contribution >= 0.6 is 11.6 Å². The van der Waals surface area contributed by atoms with E-state index in [1.54, 1.807) is 19.2 Å². The van der Waals surface area contributed by atoms with Crippen molar-refractivity contribution in [1.82, 2.24) is 0 Å². The molecule has 0 fully saturated rings. The molecule has 0 N–H and O–H groups in total. The van der Waals surface area contributed by atoms with Crippen molar-refractivity contribution in [2.75, 3.05) is 7.11 Å². The summed E-state index contributed by atoms with van der Waals surface area (Å²) < 4.78 is 5.01. The number of ether oxygens (including phenoxy) is 1. The molecule has 0 aliphatic carbocycles. The molecule has 0 heterocycles. The zero-order valence-corrected chi connectivity index (χ0v) is 12.8. The second kappa shape index (κ2) is 9.50. The van der Waals surface area contributed by atoms with E-state index in [4.69, 9.17) is 16.3 Å². The second-order valence-electron chi connectivity index (χ2n) is 2.00. The van der Waals surface area contributed by atoms with Crippen LogP contribution in [0.2, 0.25) is 5.02 Å². The van der Waals surface area contributed by atoms with Gasteiger partial charge in [-0.1, -0.05) is 25.8 Å². The van der Waals surface area contributed by atoms with Gasteiger partial charge in [0, 0.05) is 5.75 Å². The zero-order valence-electron chi connectivity index (χ0n) is 8.94. The first-order valence-corrected chi connectivity index (χ1v) is 4.33. The van der Waals surface area contributed by atoms with Crippen LogP contribution in [0.3, 0.4) is 0 Å². The summed E-state index contributed by atoms with van der Waals surface area (Å²) in [5.41, 5.74) is 0.961. The van der Waals surface area contributed by atoms with Gasteiger partial charge < -0.3 is 4.74 Å². The van der Waals surface area contributed by atoms with Crippen molar-refractivity contribution >= 4 is 11.6 Å². The third-order valence-electron chi connectivity index (χ3n) is 1.37. The van der Waals surface area contributed by atoms with Crippen LogP contribution in [0.4, 0.5) is 0 Å². The van der Waals surface area contributed by atoms with Crippen molar-refractivity contribution in [3.05, 3.63) is 28.8 Å². The molecule has 0 atom stereocenters. The van der Waals surface area contributed by atoms with Gasteiger partial charge in [0.25, 0.3) is 0 Å². The second-order valence-corrected chi connectivity index (χ2v) is 2.40. The van der Waals surface area contributed by atoms with Crippen molar-refractivity contribution in [3.8, 4) is 5.75 Å². The fourth-order valence-electron chi connectivity index (χ4n) is 0.737. The molecule has 0 spiro atoms. The van der Waals surface area contributed by atoms with Gasteiger partial charge >= 0.3 is 51.4 Å². The number of hydrogen-bond donors (Lipinski definition) is 0. The number of benzene rings is 1. The molecule has 0 aliphatic rings. The number of methoxy groups -OCH3 is 1. The molecular weight excluding hydrogens is 211 g/mol. The maximum absolute atomic E-state index is 5.78. The maximum Gasteiger partial charge on any atom is 1.00 e. The minimum Gasteiger partial charge on any atom is -0.554 e. The van der Waals surface area contributed by atoms with Crippen LogP contribution in [-0.4, -0.2) is 7.11 Å². The largest absolute Gasteiger partial charge is 1.00 e. The van der Waals surface area contributed by atoms with Gasteiger partial charge in [-0.05, 0) is 0 Å². The van der Waals surface area contributed by atoms with E-state index in [1.807, 2.05) is 20.8 Å². The zero-order chi connectivity index (χ0) is 9.56. The van der Waals surface area contributed by atoms with Crippen molar-refractivity contribution in [2.45, 2.75) is 20.8 Å². The molecule has 1 aromatic carbocycles. The summed E-state index contributed by atoms with van der Waals surface area (Å²) in [6.45, 7) is 5.91. The van der Waals surface area contributed by atoms with E-state index >= 15 is 0 Å². The van der Waals surface area contributed by atoms with Crippen molar-refractivity contribution in [1.29, 1.82) is 0 Å². The molecular formula is C10H14ClKO. The molecule has 13 heavy (non-hydrogen) atoms. The van der Waals surface area contributed by atoms with E-state index in [-0.39, 0.29) is 51.4 Å². The smallest absolute Gasteiger partial charge is 0.554 e. The number of halogens is 1. The van der Waals surface area contributed by atoms with Gasteiger partial charge in [0.15, 0.2) is 0 Å². The molecule has 68 valence electrons. The van der Waals surface area contributed by atoms with Crippen LogP contribution in [0, 0.1) is 13.0 Å². The normalized spacial score (nSPS) is 7.77. The Hall–Kier alpha value is 0.946. The van der Waals surface area contributed by atoms with Gasteiger partial charge in [-0.3, -0.25) is 0 Å². The van der Waals surface area contributed by atoms with E-state index in [0.717, 1.165) is 11.3 Å². The molecule has 3 heteroatoms. The van der Waals surface area contributed by atoms with Gasteiger partial charge in [-0.2, -0.15) is 23.7 Å². The van der Waals surface area contributed by atoms with Crippen LogP contribution in [-0.2, 0) is 0 Å². The summed E-state index contributed by atoms with van der Waals surface area (Å²) in [5.74, 6) is 0.785. The summed E-state index contributed by atoms with van der Waals surface area (Å²) >= 11 is 5.78. The third kappa shape index (κ3) is 5.40. The summed E-state index contributed by atoms with van der Waals surface area (Å²) in [6.07, 6.45) is 0. The topological polar surface area (TPSA) is 9.23 Å². The van der Waals surface area contributed by atoms with E-state index in [1.165, 1.54) is 0 Å². The quantitative estimate of drug-likeness (QED) is 0.499. The molecule has 0 aromatic heterocycles. The molecule has 0 saturated carbocycles. The Morgan fingerprint density at radius 1 is 1.31 bits per heavy atom. The molecule has 1 aromatic rings. The third-order valence-corrected chi connectivity index (χ3v) is 1.76. The number of rotatable bonds is 1. The molecule has 1 rings (SSSR count). The Bertz CT molecular complexity index is 238. The standard InChI is InChI=1S/C8H8ClO.C2H6.K/c1-6-7(9)4-3-5-8(6)10-2;1-2;/h4-5H,1-2H3;1-2H3;/q-1;;+1. The van der Waals surface area contributed by atoms with E-state index < -0.39 is 0 Å². The van der Waals surface area contributed by atoms with Gasteiger partial charge in [-0.25, -0.2) is 0 Å². The number of hydrogen-bond acceptors (Lipinski definition) is 1. The average Bonchev–Trinajstić information content (AvgIpc) is 2.13. The van der Waals surface area contributed by atoms with Crippen LogP contribution in [0.5, 0.6) is 5.75 Å². The van der Waals surface area contributed by atoms with Crippen molar-refractivity contribution in [3.63, 3.8) is 0 Å². The van der Waals surface area contributed by atoms with E-state index in [0.29, 0.717) is 5.02 Å². The molecule has 0 radical (unpaired) electrons. The molecule has 0 unspecified atom stereocenters. The summed E-state index contributed by atoms with van der Waals surface area (Å²) in [6, 6.07) is 6.35. The summed E-state index contributed by atoms with van der Waals surface area (Å²) in [5, 5.41) is 0.694. The minimum absolute atomic E-state index is 0. The van der Waals surface area contributed by atoms with Gasteiger partial charge in [0.05, 0.1) is 7.11 Å². The van der Waals surface area contributed by atoms with Crippen molar-refractivity contribution in [2.24, 2.45) is 0 Å². The first kappa shape index (κ1) is 16.4. The Morgan fingerprint density at radius 3 is 2.23 bits per heavy atom. The van der Waals surface area contributed by atoms with Crippen LogP contribution in [0.25, 0.3) is 0 Å². The molecule has 0 amide bonds. The fourth-order valence-corrected chi connectivity index (χ4v) is 0.893. The first-order chi connectivity index (χ1) is 5.75. The summed E-state index contributed by atoms with van der Waals surface area (Å²) in [4.78, 5) is 0. The monoisotopic (exact) mass is 224 g/mol. The maximum atomic E-state index is 5.78. The summed E-state index contributed by atoms with van der Waals surface area (Å²) in [7, 11) is 1.62. The predicted octanol–water partition coefficient (Wildman–Crippen LogP) is 0.487. The Kier molecular flexibility index (Phi) is 12.0. The minimum atomic E-state index is 0. The Balaban J connectivity index is 0. The fraction of sp³-hybridized carbons (Fsp3) is 0.400. The van der Waals surface area contributed by atoms with E-state index in [2.05, 4.69) is 6.07 Å². The Labute approximate surface area is 128 Å². The first-order valence-electron chi connectivity index (χ1n) is 3.96. The molecule has 1 nitrogen and oxygen atoms in total. The Morgan fingerprint density at radius 2 is 1.85 bits per heavy atom.